The lowest BCUT2D eigenvalue weighted by Crippen LogP contribution is -2.47. The topological polar surface area (TPSA) is 98.2 Å². The SMILES string of the molecule is CCC[C@H](N)C(=O)NCC(C)(C)C(N)=O. The van der Waals surface area contributed by atoms with E-state index in [1.165, 1.54) is 0 Å². The molecule has 0 radical (unpaired) electrons. The zero-order chi connectivity index (χ0) is 12.1. The van der Waals surface area contributed by atoms with E-state index in [1.807, 2.05) is 6.92 Å². The van der Waals surface area contributed by atoms with Crippen LogP contribution in [0, 0.1) is 5.41 Å². The molecule has 1 atom stereocenters. The maximum atomic E-state index is 11.4. The van der Waals surface area contributed by atoms with Crippen molar-refractivity contribution in [3.05, 3.63) is 0 Å². The molecule has 0 unspecified atom stereocenters. The van der Waals surface area contributed by atoms with E-state index in [9.17, 15) is 9.59 Å². The van der Waals surface area contributed by atoms with Crippen LogP contribution >= 0.6 is 0 Å². The summed E-state index contributed by atoms with van der Waals surface area (Å²) in [5.74, 6) is -0.668. The third-order valence-corrected chi connectivity index (χ3v) is 2.31. The molecule has 5 N–H and O–H groups in total. The van der Waals surface area contributed by atoms with Gasteiger partial charge in [0.05, 0.1) is 11.5 Å². The Morgan fingerprint density at radius 1 is 1.40 bits per heavy atom. The van der Waals surface area contributed by atoms with Gasteiger partial charge in [0.2, 0.25) is 11.8 Å². The predicted molar refractivity (Wildman–Crippen MR) is 58.9 cm³/mol. The second kappa shape index (κ2) is 5.70. The average molecular weight is 215 g/mol. The van der Waals surface area contributed by atoms with Gasteiger partial charge in [0.15, 0.2) is 0 Å². The summed E-state index contributed by atoms with van der Waals surface area (Å²) in [4.78, 5) is 22.4. The number of rotatable bonds is 6. The van der Waals surface area contributed by atoms with E-state index in [0.29, 0.717) is 6.42 Å². The molecular formula is C10H21N3O2. The molecule has 0 saturated carbocycles. The number of carbonyl (C=O) groups is 2. The Morgan fingerprint density at radius 3 is 2.33 bits per heavy atom. The average Bonchev–Trinajstić information content (AvgIpc) is 2.14. The Bertz CT molecular complexity index is 239. The van der Waals surface area contributed by atoms with E-state index in [2.05, 4.69) is 5.32 Å². The second-order valence-corrected chi connectivity index (χ2v) is 4.36. The van der Waals surface area contributed by atoms with Crippen LogP contribution in [-0.2, 0) is 9.59 Å². The first-order valence-corrected chi connectivity index (χ1v) is 5.14. The van der Waals surface area contributed by atoms with Crippen molar-refractivity contribution in [2.75, 3.05) is 6.54 Å². The molecule has 0 aliphatic rings. The first-order valence-electron chi connectivity index (χ1n) is 5.14. The van der Waals surface area contributed by atoms with Crippen molar-refractivity contribution in [2.45, 2.75) is 39.7 Å². The smallest absolute Gasteiger partial charge is 0.236 e. The maximum Gasteiger partial charge on any atom is 0.236 e. The number of carbonyl (C=O) groups excluding carboxylic acids is 2. The van der Waals surface area contributed by atoms with Crippen LogP contribution < -0.4 is 16.8 Å². The fourth-order valence-electron chi connectivity index (χ4n) is 0.968. The molecule has 0 aromatic rings. The van der Waals surface area contributed by atoms with Gasteiger partial charge in [-0.3, -0.25) is 9.59 Å². The van der Waals surface area contributed by atoms with Crippen molar-refractivity contribution in [3.63, 3.8) is 0 Å². The maximum absolute atomic E-state index is 11.4. The minimum absolute atomic E-state index is 0.221. The van der Waals surface area contributed by atoms with Crippen molar-refractivity contribution in [2.24, 2.45) is 16.9 Å². The number of nitrogens with one attached hydrogen (secondary N) is 1. The first kappa shape index (κ1) is 13.9. The van der Waals surface area contributed by atoms with Gasteiger partial charge >= 0.3 is 0 Å². The van der Waals surface area contributed by atoms with E-state index >= 15 is 0 Å². The number of nitrogens with two attached hydrogens (primary N) is 2. The molecule has 0 aliphatic heterocycles. The first-order chi connectivity index (χ1) is 6.81. The molecule has 0 bridgehead atoms. The van der Waals surface area contributed by atoms with Crippen molar-refractivity contribution < 1.29 is 9.59 Å². The standard InChI is InChI=1S/C10H21N3O2/c1-4-5-7(11)8(14)13-6-10(2,3)9(12)15/h7H,4-6,11H2,1-3H3,(H2,12,15)(H,13,14)/t7-/m0/s1. The van der Waals surface area contributed by atoms with Crippen molar-refractivity contribution in [3.8, 4) is 0 Å². The van der Waals surface area contributed by atoms with Gasteiger partial charge in [0.25, 0.3) is 0 Å². The highest BCUT2D eigenvalue weighted by molar-refractivity contribution is 5.84. The molecule has 0 spiro atoms. The van der Waals surface area contributed by atoms with Gasteiger partial charge < -0.3 is 16.8 Å². The Labute approximate surface area is 90.6 Å². The van der Waals surface area contributed by atoms with E-state index in [-0.39, 0.29) is 12.5 Å². The lowest BCUT2D eigenvalue weighted by atomic mass is 9.92. The third-order valence-electron chi connectivity index (χ3n) is 2.31. The van der Waals surface area contributed by atoms with Crippen LogP contribution in [0.1, 0.15) is 33.6 Å². The van der Waals surface area contributed by atoms with Crippen LogP contribution in [0.15, 0.2) is 0 Å². The van der Waals surface area contributed by atoms with Gasteiger partial charge in [0, 0.05) is 6.54 Å². The Morgan fingerprint density at radius 2 is 1.93 bits per heavy atom. The van der Waals surface area contributed by atoms with Crippen molar-refractivity contribution >= 4 is 11.8 Å². The number of amides is 2. The summed E-state index contributed by atoms with van der Waals surface area (Å²) in [6, 6.07) is -0.501. The molecule has 5 nitrogen and oxygen atoms in total. The highest BCUT2D eigenvalue weighted by Gasteiger charge is 2.26. The number of primary amides is 1. The molecule has 0 fully saturated rings. The Hall–Kier alpha value is -1.10. The van der Waals surface area contributed by atoms with Crippen LogP contribution in [0.25, 0.3) is 0 Å². The summed E-state index contributed by atoms with van der Waals surface area (Å²) >= 11 is 0. The molecule has 0 aromatic heterocycles. The van der Waals surface area contributed by atoms with Crippen LogP contribution in [0.3, 0.4) is 0 Å². The monoisotopic (exact) mass is 215 g/mol. The lowest BCUT2D eigenvalue weighted by molar-refractivity contribution is -0.127. The summed E-state index contributed by atoms with van der Waals surface area (Å²) in [6.45, 7) is 5.54. The predicted octanol–water partition coefficient (Wildman–Crippen LogP) is -0.258. The summed E-state index contributed by atoms with van der Waals surface area (Å²) in [7, 11) is 0. The summed E-state index contributed by atoms with van der Waals surface area (Å²) < 4.78 is 0. The minimum atomic E-state index is -0.735. The largest absolute Gasteiger partial charge is 0.369 e. The van der Waals surface area contributed by atoms with Crippen LogP contribution in [0.2, 0.25) is 0 Å². The van der Waals surface area contributed by atoms with E-state index < -0.39 is 17.4 Å². The molecule has 15 heavy (non-hydrogen) atoms. The molecule has 0 aliphatic carbocycles. The minimum Gasteiger partial charge on any atom is -0.369 e. The van der Waals surface area contributed by atoms with Crippen molar-refractivity contribution in [1.29, 1.82) is 0 Å². The van der Waals surface area contributed by atoms with Gasteiger partial charge in [0.1, 0.15) is 0 Å². The number of hydrogen-bond acceptors (Lipinski definition) is 3. The van der Waals surface area contributed by atoms with Crippen LogP contribution in [0.4, 0.5) is 0 Å². The van der Waals surface area contributed by atoms with Crippen LogP contribution in [-0.4, -0.2) is 24.4 Å². The molecule has 0 heterocycles. The van der Waals surface area contributed by atoms with E-state index in [1.54, 1.807) is 13.8 Å². The van der Waals surface area contributed by atoms with E-state index in [4.69, 9.17) is 11.5 Å². The number of hydrogen-bond donors (Lipinski definition) is 3. The molecule has 0 saturated heterocycles. The van der Waals surface area contributed by atoms with Crippen molar-refractivity contribution in [1.82, 2.24) is 5.32 Å². The fourth-order valence-corrected chi connectivity index (χ4v) is 0.968. The van der Waals surface area contributed by atoms with Gasteiger partial charge in [-0.05, 0) is 20.3 Å². The zero-order valence-corrected chi connectivity index (χ0v) is 9.67. The fraction of sp³-hybridized carbons (Fsp3) is 0.800. The zero-order valence-electron chi connectivity index (χ0n) is 9.67. The third kappa shape index (κ3) is 4.78. The molecule has 5 heteroatoms. The van der Waals surface area contributed by atoms with E-state index in [0.717, 1.165) is 6.42 Å². The normalized spacial score (nSPS) is 13.3. The summed E-state index contributed by atoms with van der Waals surface area (Å²) in [5, 5.41) is 2.62. The van der Waals surface area contributed by atoms with Gasteiger partial charge in [-0.2, -0.15) is 0 Å². The molecular weight excluding hydrogens is 194 g/mol. The molecule has 2 amide bonds. The molecule has 0 aromatic carbocycles. The lowest BCUT2D eigenvalue weighted by Gasteiger charge is -2.21. The Balaban J connectivity index is 4.05. The summed E-state index contributed by atoms with van der Waals surface area (Å²) in [5.41, 5.74) is 10.0. The van der Waals surface area contributed by atoms with Gasteiger partial charge in [-0.1, -0.05) is 13.3 Å². The van der Waals surface area contributed by atoms with Crippen LogP contribution in [0.5, 0.6) is 0 Å². The molecule has 88 valence electrons. The van der Waals surface area contributed by atoms with Gasteiger partial charge in [-0.25, -0.2) is 0 Å². The molecule has 0 rings (SSSR count). The second-order valence-electron chi connectivity index (χ2n) is 4.36. The highest BCUT2D eigenvalue weighted by atomic mass is 16.2. The quantitative estimate of drug-likeness (QED) is 0.569. The highest BCUT2D eigenvalue weighted by Crippen LogP contribution is 2.11. The van der Waals surface area contributed by atoms with Gasteiger partial charge in [-0.15, -0.1) is 0 Å². The Kier molecular flexibility index (Phi) is 5.28. The summed E-state index contributed by atoms with van der Waals surface area (Å²) in [6.07, 6.45) is 1.50.